The number of rotatable bonds is 5. The van der Waals surface area contributed by atoms with E-state index in [4.69, 9.17) is 5.73 Å². The van der Waals surface area contributed by atoms with E-state index >= 15 is 0 Å². The van der Waals surface area contributed by atoms with Gasteiger partial charge in [0.15, 0.2) is 0 Å². The van der Waals surface area contributed by atoms with Crippen LogP contribution in [0.3, 0.4) is 0 Å². The highest BCUT2D eigenvalue weighted by atomic mass is 16.2. The van der Waals surface area contributed by atoms with E-state index in [-0.39, 0.29) is 17.4 Å². The summed E-state index contributed by atoms with van der Waals surface area (Å²) in [5.41, 5.74) is 5.66. The van der Waals surface area contributed by atoms with Crippen molar-refractivity contribution in [1.82, 2.24) is 5.32 Å². The Morgan fingerprint density at radius 1 is 1.36 bits per heavy atom. The van der Waals surface area contributed by atoms with E-state index < -0.39 is 6.04 Å². The van der Waals surface area contributed by atoms with Crippen LogP contribution in [0, 0.1) is 5.92 Å². The minimum absolute atomic E-state index is 0.0359. The maximum absolute atomic E-state index is 11.7. The van der Waals surface area contributed by atoms with Crippen molar-refractivity contribution >= 4 is 5.91 Å². The summed E-state index contributed by atoms with van der Waals surface area (Å²) in [5, 5.41) is 3.01. The van der Waals surface area contributed by atoms with Gasteiger partial charge in [-0.05, 0) is 25.7 Å². The molecule has 3 nitrogen and oxygen atoms in total. The number of amides is 1. The summed E-state index contributed by atoms with van der Waals surface area (Å²) in [7, 11) is 0. The first-order valence-corrected chi connectivity index (χ1v) is 5.44. The van der Waals surface area contributed by atoms with Gasteiger partial charge in [0.2, 0.25) is 5.91 Å². The summed E-state index contributed by atoms with van der Waals surface area (Å²) in [6.07, 6.45) is 1.86. The molecule has 3 N–H and O–H groups in total. The highest BCUT2D eigenvalue weighted by Crippen LogP contribution is 2.14. The van der Waals surface area contributed by atoms with E-state index in [0.717, 1.165) is 12.8 Å². The number of carbonyl (C=O) groups excluding carboxylic acids is 1. The average Bonchev–Trinajstić information content (AvgIpc) is 2.16. The van der Waals surface area contributed by atoms with Crippen LogP contribution in [0.25, 0.3) is 0 Å². The molecule has 14 heavy (non-hydrogen) atoms. The molecule has 0 heterocycles. The molecule has 0 aliphatic rings. The van der Waals surface area contributed by atoms with Crippen LogP contribution in [0.5, 0.6) is 0 Å². The molecule has 0 aliphatic heterocycles. The maximum atomic E-state index is 11.7. The third-order valence-electron chi connectivity index (χ3n) is 3.01. The molecule has 0 radical (unpaired) electrons. The Morgan fingerprint density at radius 3 is 2.07 bits per heavy atom. The van der Waals surface area contributed by atoms with E-state index in [1.807, 2.05) is 13.8 Å². The molecule has 0 unspecified atom stereocenters. The third kappa shape index (κ3) is 3.66. The maximum Gasteiger partial charge on any atom is 0.237 e. The van der Waals surface area contributed by atoms with Gasteiger partial charge in [-0.25, -0.2) is 0 Å². The minimum atomic E-state index is -0.396. The Bertz CT molecular complexity index is 186. The van der Waals surface area contributed by atoms with Crippen molar-refractivity contribution in [3.63, 3.8) is 0 Å². The lowest BCUT2D eigenvalue weighted by Gasteiger charge is -2.30. The highest BCUT2D eigenvalue weighted by Gasteiger charge is 2.26. The predicted octanol–water partition coefficient (Wildman–Crippen LogP) is 1.66. The van der Waals surface area contributed by atoms with Crippen molar-refractivity contribution in [3.05, 3.63) is 0 Å². The fourth-order valence-electron chi connectivity index (χ4n) is 1.11. The molecule has 1 amide bonds. The molecule has 0 saturated carbocycles. The molecule has 0 aromatic carbocycles. The molecule has 0 spiro atoms. The Hall–Kier alpha value is -0.570. The van der Waals surface area contributed by atoms with Gasteiger partial charge in [-0.2, -0.15) is 0 Å². The molecular weight excluding hydrogens is 176 g/mol. The van der Waals surface area contributed by atoms with Crippen LogP contribution in [0.1, 0.15) is 47.5 Å². The molecule has 0 saturated heterocycles. The van der Waals surface area contributed by atoms with Crippen molar-refractivity contribution in [1.29, 1.82) is 0 Å². The van der Waals surface area contributed by atoms with E-state index in [1.165, 1.54) is 0 Å². The number of nitrogens with two attached hydrogens (primary N) is 1. The molecule has 0 aliphatic carbocycles. The zero-order valence-corrected chi connectivity index (χ0v) is 10.1. The lowest BCUT2D eigenvalue weighted by molar-refractivity contribution is -0.125. The lowest BCUT2D eigenvalue weighted by Crippen LogP contribution is -2.53. The van der Waals surface area contributed by atoms with Gasteiger partial charge in [-0.15, -0.1) is 0 Å². The van der Waals surface area contributed by atoms with E-state index in [2.05, 4.69) is 26.1 Å². The van der Waals surface area contributed by atoms with E-state index in [1.54, 1.807) is 0 Å². The SMILES string of the molecule is CCC(C)(CC)NC(=O)[C@@H](N)C(C)C. The van der Waals surface area contributed by atoms with Crippen LogP contribution in [-0.2, 0) is 4.79 Å². The summed E-state index contributed by atoms with van der Waals surface area (Å²) in [6.45, 7) is 10.1. The van der Waals surface area contributed by atoms with Gasteiger partial charge in [0.05, 0.1) is 6.04 Å². The van der Waals surface area contributed by atoms with E-state index in [0.29, 0.717) is 0 Å². The number of hydrogen-bond donors (Lipinski definition) is 2. The monoisotopic (exact) mass is 200 g/mol. The van der Waals surface area contributed by atoms with Crippen molar-refractivity contribution in [2.75, 3.05) is 0 Å². The predicted molar refractivity (Wildman–Crippen MR) is 59.9 cm³/mol. The van der Waals surface area contributed by atoms with Crippen LogP contribution >= 0.6 is 0 Å². The van der Waals surface area contributed by atoms with Crippen LogP contribution in [-0.4, -0.2) is 17.5 Å². The highest BCUT2D eigenvalue weighted by molar-refractivity contribution is 5.82. The molecule has 0 bridgehead atoms. The van der Waals surface area contributed by atoms with Crippen LogP contribution in [0.15, 0.2) is 0 Å². The quantitative estimate of drug-likeness (QED) is 0.709. The topological polar surface area (TPSA) is 55.1 Å². The average molecular weight is 200 g/mol. The van der Waals surface area contributed by atoms with Gasteiger partial charge < -0.3 is 11.1 Å². The summed E-state index contributed by atoms with van der Waals surface area (Å²) < 4.78 is 0. The Balaban J connectivity index is 4.30. The van der Waals surface area contributed by atoms with Crippen molar-refractivity contribution in [3.8, 4) is 0 Å². The molecule has 0 fully saturated rings. The van der Waals surface area contributed by atoms with Gasteiger partial charge in [-0.1, -0.05) is 27.7 Å². The molecule has 0 aromatic rings. The number of carbonyl (C=O) groups is 1. The second-order valence-electron chi connectivity index (χ2n) is 4.53. The molecule has 1 atom stereocenters. The minimum Gasteiger partial charge on any atom is -0.350 e. The molecule has 84 valence electrons. The van der Waals surface area contributed by atoms with Crippen molar-refractivity contribution in [2.24, 2.45) is 11.7 Å². The first-order valence-electron chi connectivity index (χ1n) is 5.44. The van der Waals surface area contributed by atoms with Gasteiger partial charge in [0, 0.05) is 5.54 Å². The largest absolute Gasteiger partial charge is 0.350 e. The second-order valence-corrected chi connectivity index (χ2v) is 4.53. The summed E-state index contributed by atoms with van der Waals surface area (Å²) in [4.78, 5) is 11.7. The van der Waals surface area contributed by atoms with E-state index in [9.17, 15) is 4.79 Å². The summed E-state index contributed by atoms with van der Waals surface area (Å²) in [6, 6.07) is -0.396. The van der Waals surface area contributed by atoms with Crippen LogP contribution in [0.4, 0.5) is 0 Å². The molecular formula is C11H24N2O. The smallest absolute Gasteiger partial charge is 0.237 e. The fourth-order valence-corrected chi connectivity index (χ4v) is 1.11. The number of hydrogen-bond acceptors (Lipinski definition) is 2. The van der Waals surface area contributed by atoms with Crippen molar-refractivity contribution < 1.29 is 4.79 Å². The van der Waals surface area contributed by atoms with Crippen molar-refractivity contribution in [2.45, 2.75) is 59.0 Å². The normalized spacial score (nSPS) is 14.2. The van der Waals surface area contributed by atoms with Crippen LogP contribution < -0.4 is 11.1 Å². The summed E-state index contributed by atoms with van der Waals surface area (Å²) in [5.74, 6) is 0.152. The zero-order chi connectivity index (χ0) is 11.4. The lowest BCUT2D eigenvalue weighted by atomic mass is 9.94. The van der Waals surface area contributed by atoms with Gasteiger partial charge >= 0.3 is 0 Å². The fraction of sp³-hybridized carbons (Fsp3) is 0.909. The van der Waals surface area contributed by atoms with Crippen LogP contribution in [0.2, 0.25) is 0 Å². The number of nitrogens with one attached hydrogen (secondary N) is 1. The standard InChI is InChI=1S/C11H24N2O/c1-6-11(5,7-2)13-10(14)9(12)8(3)4/h8-9H,6-7,12H2,1-5H3,(H,13,14)/t9-/m0/s1. The summed E-state index contributed by atoms with van der Waals surface area (Å²) >= 11 is 0. The third-order valence-corrected chi connectivity index (χ3v) is 3.01. The Labute approximate surface area is 87.4 Å². The zero-order valence-electron chi connectivity index (χ0n) is 10.1. The first kappa shape index (κ1) is 13.4. The Morgan fingerprint density at radius 2 is 1.79 bits per heavy atom. The van der Waals surface area contributed by atoms with Gasteiger partial charge in [0.1, 0.15) is 0 Å². The molecule has 0 rings (SSSR count). The molecule has 3 heteroatoms. The van der Waals surface area contributed by atoms with Gasteiger partial charge in [-0.3, -0.25) is 4.79 Å². The Kier molecular flexibility index (Phi) is 5.13. The first-order chi connectivity index (χ1) is 6.36. The second kappa shape index (κ2) is 5.35. The van der Waals surface area contributed by atoms with Gasteiger partial charge in [0.25, 0.3) is 0 Å². The molecule has 0 aromatic heterocycles.